The van der Waals surface area contributed by atoms with E-state index in [1.807, 2.05) is 24.3 Å². The number of benzene rings is 2. The van der Waals surface area contributed by atoms with E-state index < -0.39 is 0 Å². The molecular formula is C17H18Cl2FN. The number of likely N-dealkylation sites (N-methyl/N-ethyl adjacent to an activating group) is 1. The number of rotatable bonds is 6. The molecule has 0 aliphatic rings. The van der Waals surface area contributed by atoms with Gasteiger partial charge in [0, 0.05) is 22.5 Å². The van der Waals surface area contributed by atoms with E-state index in [1.165, 1.54) is 12.1 Å². The standard InChI is InChI=1S/C17H18Cl2FN/c1-2-21-11-13(15-5-3-4-6-17(15)19)9-12-10-14(20)7-8-16(12)18/h3-8,10,13,21H,2,9,11H2,1H3. The summed E-state index contributed by atoms with van der Waals surface area (Å²) < 4.78 is 13.4. The van der Waals surface area contributed by atoms with Gasteiger partial charge in [-0.05, 0) is 48.4 Å². The molecule has 0 saturated carbocycles. The first-order valence-electron chi connectivity index (χ1n) is 7.01. The van der Waals surface area contributed by atoms with Crippen LogP contribution in [-0.2, 0) is 6.42 Å². The number of nitrogens with one attached hydrogen (secondary N) is 1. The van der Waals surface area contributed by atoms with Gasteiger partial charge in [0.15, 0.2) is 0 Å². The van der Waals surface area contributed by atoms with Gasteiger partial charge >= 0.3 is 0 Å². The lowest BCUT2D eigenvalue weighted by Gasteiger charge is -2.20. The van der Waals surface area contributed by atoms with Crippen LogP contribution in [0.3, 0.4) is 0 Å². The Bertz CT molecular complexity index is 601. The highest BCUT2D eigenvalue weighted by Gasteiger charge is 2.16. The largest absolute Gasteiger partial charge is 0.316 e. The maximum Gasteiger partial charge on any atom is 0.123 e. The first-order chi connectivity index (χ1) is 10.1. The van der Waals surface area contributed by atoms with Crippen molar-refractivity contribution in [1.29, 1.82) is 0 Å². The van der Waals surface area contributed by atoms with Crippen molar-refractivity contribution in [1.82, 2.24) is 5.32 Å². The zero-order valence-corrected chi connectivity index (χ0v) is 13.4. The van der Waals surface area contributed by atoms with Crippen molar-refractivity contribution in [2.24, 2.45) is 0 Å². The molecule has 1 unspecified atom stereocenters. The Balaban J connectivity index is 2.28. The Morgan fingerprint density at radius 2 is 1.86 bits per heavy atom. The van der Waals surface area contributed by atoms with Crippen LogP contribution in [0.4, 0.5) is 4.39 Å². The molecule has 1 nitrogen and oxygen atoms in total. The van der Waals surface area contributed by atoms with Gasteiger partial charge in [0.05, 0.1) is 0 Å². The second kappa shape index (κ2) is 7.79. The van der Waals surface area contributed by atoms with Crippen LogP contribution in [0.2, 0.25) is 10.0 Å². The van der Waals surface area contributed by atoms with E-state index in [2.05, 4.69) is 12.2 Å². The van der Waals surface area contributed by atoms with E-state index in [-0.39, 0.29) is 11.7 Å². The smallest absolute Gasteiger partial charge is 0.123 e. The third-order valence-electron chi connectivity index (χ3n) is 3.46. The third-order valence-corrected chi connectivity index (χ3v) is 4.17. The second-order valence-corrected chi connectivity index (χ2v) is 5.78. The van der Waals surface area contributed by atoms with Crippen molar-refractivity contribution in [2.75, 3.05) is 13.1 Å². The van der Waals surface area contributed by atoms with Crippen molar-refractivity contribution < 1.29 is 4.39 Å². The predicted molar refractivity (Wildman–Crippen MR) is 87.9 cm³/mol. The van der Waals surface area contributed by atoms with Crippen LogP contribution < -0.4 is 5.32 Å². The van der Waals surface area contributed by atoms with Crippen molar-refractivity contribution in [2.45, 2.75) is 19.3 Å². The van der Waals surface area contributed by atoms with Crippen LogP contribution in [-0.4, -0.2) is 13.1 Å². The molecule has 0 bridgehead atoms. The summed E-state index contributed by atoms with van der Waals surface area (Å²) in [6.07, 6.45) is 0.646. The van der Waals surface area contributed by atoms with Crippen LogP contribution in [0, 0.1) is 5.82 Å². The minimum Gasteiger partial charge on any atom is -0.316 e. The van der Waals surface area contributed by atoms with Gasteiger partial charge < -0.3 is 5.32 Å². The first-order valence-corrected chi connectivity index (χ1v) is 7.76. The predicted octanol–water partition coefficient (Wildman–Crippen LogP) is 5.07. The topological polar surface area (TPSA) is 12.0 Å². The number of hydrogen-bond donors (Lipinski definition) is 1. The summed E-state index contributed by atoms with van der Waals surface area (Å²) in [6, 6.07) is 12.2. The zero-order chi connectivity index (χ0) is 15.2. The van der Waals surface area contributed by atoms with E-state index in [4.69, 9.17) is 23.2 Å². The highest BCUT2D eigenvalue weighted by molar-refractivity contribution is 6.31. The van der Waals surface area contributed by atoms with Gasteiger partial charge in [-0.2, -0.15) is 0 Å². The number of halogens is 3. The molecule has 21 heavy (non-hydrogen) atoms. The molecule has 0 saturated heterocycles. The summed E-state index contributed by atoms with van der Waals surface area (Å²) >= 11 is 12.5. The lowest BCUT2D eigenvalue weighted by atomic mass is 9.91. The maximum atomic E-state index is 13.4. The summed E-state index contributed by atoms with van der Waals surface area (Å²) in [5.41, 5.74) is 1.86. The highest BCUT2D eigenvalue weighted by Crippen LogP contribution is 2.29. The van der Waals surface area contributed by atoms with Gasteiger partial charge in [0.2, 0.25) is 0 Å². The molecule has 112 valence electrons. The average molecular weight is 326 g/mol. The van der Waals surface area contributed by atoms with Crippen molar-refractivity contribution in [3.63, 3.8) is 0 Å². The molecule has 2 rings (SSSR count). The first kappa shape index (κ1) is 16.3. The van der Waals surface area contributed by atoms with E-state index in [0.29, 0.717) is 11.4 Å². The van der Waals surface area contributed by atoms with Crippen LogP contribution in [0.15, 0.2) is 42.5 Å². The molecule has 0 radical (unpaired) electrons. The van der Waals surface area contributed by atoms with Gasteiger partial charge in [0.25, 0.3) is 0 Å². The lowest BCUT2D eigenvalue weighted by Crippen LogP contribution is -2.23. The summed E-state index contributed by atoms with van der Waals surface area (Å²) in [5, 5.41) is 4.65. The van der Waals surface area contributed by atoms with Crippen molar-refractivity contribution >= 4 is 23.2 Å². The Morgan fingerprint density at radius 3 is 2.57 bits per heavy atom. The monoisotopic (exact) mass is 325 g/mol. The molecule has 1 atom stereocenters. The Hall–Kier alpha value is -1.09. The fraction of sp³-hybridized carbons (Fsp3) is 0.294. The van der Waals surface area contributed by atoms with E-state index in [1.54, 1.807) is 6.07 Å². The summed E-state index contributed by atoms with van der Waals surface area (Å²) in [6.45, 7) is 3.70. The average Bonchev–Trinajstić information content (AvgIpc) is 2.48. The summed E-state index contributed by atoms with van der Waals surface area (Å²) in [7, 11) is 0. The molecule has 0 aliphatic heterocycles. The molecule has 2 aromatic rings. The van der Waals surface area contributed by atoms with Gasteiger partial charge in [-0.15, -0.1) is 0 Å². The van der Waals surface area contributed by atoms with Crippen LogP contribution in [0.5, 0.6) is 0 Å². The minimum absolute atomic E-state index is 0.151. The molecule has 0 heterocycles. The van der Waals surface area contributed by atoms with E-state index >= 15 is 0 Å². The normalized spacial score (nSPS) is 12.4. The quantitative estimate of drug-likeness (QED) is 0.782. The van der Waals surface area contributed by atoms with Crippen molar-refractivity contribution in [3.05, 3.63) is 69.5 Å². The van der Waals surface area contributed by atoms with E-state index in [0.717, 1.165) is 29.2 Å². The SMILES string of the molecule is CCNCC(Cc1cc(F)ccc1Cl)c1ccccc1Cl. The van der Waals surface area contributed by atoms with Gasteiger partial charge in [0.1, 0.15) is 5.82 Å². The van der Waals surface area contributed by atoms with E-state index in [9.17, 15) is 4.39 Å². The number of hydrogen-bond acceptors (Lipinski definition) is 1. The van der Waals surface area contributed by atoms with Crippen LogP contribution >= 0.6 is 23.2 Å². The molecule has 0 aliphatic carbocycles. The lowest BCUT2D eigenvalue weighted by molar-refractivity contribution is 0.588. The molecule has 4 heteroatoms. The van der Waals surface area contributed by atoms with Crippen molar-refractivity contribution in [3.8, 4) is 0 Å². The molecule has 0 spiro atoms. The van der Waals surface area contributed by atoms with Gasteiger partial charge in [-0.1, -0.05) is 48.3 Å². The zero-order valence-electron chi connectivity index (χ0n) is 11.9. The Kier molecular flexibility index (Phi) is 6.04. The second-order valence-electron chi connectivity index (χ2n) is 4.97. The van der Waals surface area contributed by atoms with Gasteiger partial charge in [-0.25, -0.2) is 4.39 Å². The molecule has 1 N–H and O–H groups in total. The highest BCUT2D eigenvalue weighted by atomic mass is 35.5. The molecule has 0 fully saturated rings. The molecule has 2 aromatic carbocycles. The van der Waals surface area contributed by atoms with Crippen LogP contribution in [0.25, 0.3) is 0 Å². The fourth-order valence-electron chi connectivity index (χ4n) is 2.38. The molecular weight excluding hydrogens is 308 g/mol. The fourth-order valence-corrected chi connectivity index (χ4v) is 2.87. The minimum atomic E-state index is -0.268. The van der Waals surface area contributed by atoms with Gasteiger partial charge in [-0.3, -0.25) is 0 Å². The summed E-state index contributed by atoms with van der Waals surface area (Å²) in [4.78, 5) is 0. The Labute approximate surface area is 135 Å². The molecule has 0 aromatic heterocycles. The molecule has 0 amide bonds. The Morgan fingerprint density at radius 1 is 1.10 bits per heavy atom. The third kappa shape index (κ3) is 4.44. The van der Waals surface area contributed by atoms with Crippen LogP contribution in [0.1, 0.15) is 24.0 Å². The summed E-state index contributed by atoms with van der Waals surface area (Å²) in [5.74, 6) is -0.117. The maximum absolute atomic E-state index is 13.4.